The summed E-state index contributed by atoms with van der Waals surface area (Å²) in [6.45, 7) is 2.81. The number of fused-ring (bicyclic) bond motifs is 1. The van der Waals surface area contributed by atoms with Crippen LogP contribution in [0.3, 0.4) is 0 Å². The predicted molar refractivity (Wildman–Crippen MR) is 85.8 cm³/mol. The molecule has 0 saturated heterocycles. The van der Waals surface area contributed by atoms with E-state index in [1.54, 1.807) is 4.68 Å². The number of hydrogen-bond acceptors (Lipinski definition) is 2. The fraction of sp³-hybridized carbons (Fsp3) is 0.562. The summed E-state index contributed by atoms with van der Waals surface area (Å²) in [5.41, 5.74) is 5.05. The lowest BCUT2D eigenvalue weighted by molar-refractivity contribution is 0.531. The zero-order valence-corrected chi connectivity index (χ0v) is 13.7. The Morgan fingerprint density at radius 3 is 2.86 bits per heavy atom. The molecule has 2 aromatic rings. The molecule has 21 heavy (non-hydrogen) atoms. The van der Waals surface area contributed by atoms with Crippen molar-refractivity contribution in [3.8, 4) is 0 Å². The molecule has 1 N–H and O–H groups in total. The number of aromatic nitrogens is 3. The van der Waals surface area contributed by atoms with Gasteiger partial charge in [0.2, 0.25) is 0 Å². The van der Waals surface area contributed by atoms with Gasteiger partial charge in [-0.2, -0.15) is 5.10 Å². The van der Waals surface area contributed by atoms with Crippen molar-refractivity contribution in [2.45, 2.75) is 45.2 Å². The number of hydrogen-bond donors (Lipinski definition) is 1. The number of rotatable bonds is 3. The van der Waals surface area contributed by atoms with Crippen molar-refractivity contribution in [2.75, 3.05) is 7.05 Å². The van der Waals surface area contributed by atoms with Crippen LogP contribution in [0.25, 0.3) is 0 Å². The molecule has 0 amide bonds. The van der Waals surface area contributed by atoms with Crippen molar-refractivity contribution in [1.82, 2.24) is 19.7 Å². The monoisotopic (exact) mass is 306 g/mol. The molecule has 0 saturated carbocycles. The van der Waals surface area contributed by atoms with E-state index in [2.05, 4.69) is 34.4 Å². The van der Waals surface area contributed by atoms with E-state index in [-0.39, 0.29) is 0 Å². The van der Waals surface area contributed by atoms with Crippen LogP contribution in [-0.2, 0) is 20.0 Å². The van der Waals surface area contributed by atoms with Crippen LogP contribution in [0.2, 0.25) is 5.15 Å². The van der Waals surface area contributed by atoms with Gasteiger partial charge in [0.15, 0.2) is 0 Å². The lowest BCUT2D eigenvalue weighted by atomic mass is 10.1. The van der Waals surface area contributed by atoms with Crippen LogP contribution in [0.15, 0.2) is 12.4 Å². The SMILES string of the molecule is CNC1CCCCc2cn(Cc3c(C)nn(C)c3Cl)cc21. The molecule has 1 atom stereocenters. The first kappa shape index (κ1) is 14.7. The molecule has 3 rings (SSSR count). The summed E-state index contributed by atoms with van der Waals surface area (Å²) in [4.78, 5) is 0. The summed E-state index contributed by atoms with van der Waals surface area (Å²) in [5.74, 6) is 0. The molecule has 0 fully saturated rings. The standard InChI is InChI=1S/C16H23ClN4/c1-11-13(16(17)20(3)19-11)9-21-8-12-6-4-5-7-15(18-2)14(12)10-21/h8,10,15,18H,4-7,9H2,1-3H3. The number of nitrogens with one attached hydrogen (secondary N) is 1. The number of nitrogens with zero attached hydrogens (tertiary/aromatic N) is 3. The van der Waals surface area contributed by atoms with Gasteiger partial charge in [0.1, 0.15) is 5.15 Å². The molecule has 0 spiro atoms. The fourth-order valence-corrected chi connectivity index (χ4v) is 3.58. The van der Waals surface area contributed by atoms with Crippen LogP contribution < -0.4 is 5.32 Å². The van der Waals surface area contributed by atoms with Crippen molar-refractivity contribution in [3.63, 3.8) is 0 Å². The number of aryl methyl sites for hydroxylation is 3. The average molecular weight is 307 g/mol. The van der Waals surface area contributed by atoms with E-state index < -0.39 is 0 Å². The topological polar surface area (TPSA) is 34.8 Å². The van der Waals surface area contributed by atoms with Crippen molar-refractivity contribution >= 4 is 11.6 Å². The lowest BCUT2D eigenvalue weighted by Gasteiger charge is -2.13. The van der Waals surface area contributed by atoms with Gasteiger partial charge >= 0.3 is 0 Å². The Balaban J connectivity index is 1.91. The van der Waals surface area contributed by atoms with Crippen LogP contribution in [0.5, 0.6) is 0 Å². The molecule has 1 aliphatic rings. The van der Waals surface area contributed by atoms with Gasteiger partial charge in [-0.3, -0.25) is 4.68 Å². The molecule has 2 aromatic heterocycles. The molecule has 1 unspecified atom stereocenters. The minimum Gasteiger partial charge on any atom is -0.349 e. The zero-order valence-electron chi connectivity index (χ0n) is 13.0. The molecule has 5 heteroatoms. The van der Waals surface area contributed by atoms with E-state index in [1.165, 1.54) is 36.8 Å². The number of halogens is 1. The summed E-state index contributed by atoms with van der Waals surface area (Å²) in [6, 6.07) is 0.481. The largest absolute Gasteiger partial charge is 0.349 e. The minimum atomic E-state index is 0.481. The minimum absolute atomic E-state index is 0.481. The fourth-order valence-electron chi connectivity index (χ4n) is 3.34. The maximum absolute atomic E-state index is 6.35. The van der Waals surface area contributed by atoms with Gasteiger partial charge in [-0.15, -0.1) is 0 Å². The van der Waals surface area contributed by atoms with Gasteiger partial charge in [0.05, 0.1) is 12.2 Å². The van der Waals surface area contributed by atoms with Crippen molar-refractivity contribution in [2.24, 2.45) is 7.05 Å². The average Bonchev–Trinajstić information content (AvgIpc) is 2.89. The summed E-state index contributed by atoms with van der Waals surface area (Å²) in [7, 11) is 3.94. The first-order chi connectivity index (χ1) is 10.1. The van der Waals surface area contributed by atoms with Gasteiger partial charge in [0.25, 0.3) is 0 Å². The Morgan fingerprint density at radius 2 is 2.19 bits per heavy atom. The Morgan fingerprint density at radius 1 is 1.38 bits per heavy atom. The highest BCUT2D eigenvalue weighted by Crippen LogP contribution is 2.30. The molecular formula is C16H23ClN4. The van der Waals surface area contributed by atoms with E-state index in [1.807, 2.05) is 14.0 Å². The first-order valence-electron chi connectivity index (χ1n) is 7.64. The summed E-state index contributed by atoms with van der Waals surface area (Å²) < 4.78 is 4.01. The highest BCUT2D eigenvalue weighted by atomic mass is 35.5. The summed E-state index contributed by atoms with van der Waals surface area (Å²) in [6.07, 6.45) is 9.55. The van der Waals surface area contributed by atoms with E-state index in [0.29, 0.717) is 6.04 Å². The van der Waals surface area contributed by atoms with Crippen molar-refractivity contribution in [3.05, 3.63) is 39.9 Å². The quantitative estimate of drug-likeness (QED) is 0.884. The predicted octanol–water partition coefficient (Wildman–Crippen LogP) is 3.22. The van der Waals surface area contributed by atoms with Crippen LogP contribution in [-0.4, -0.2) is 21.4 Å². The van der Waals surface area contributed by atoms with Crippen LogP contribution in [0.4, 0.5) is 0 Å². The highest BCUT2D eigenvalue weighted by Gasteiger charge is 2.20. The smallest absolute Gasteiger partial charge is 0.131 e. The molecule has 0 aliphatic heterocycles. The summed E-state index contributed by atoms with van der Waals surface area (Å²) in [5, 5.41) is 8.58. The second-order valence-corrected chi connectivity index (χ2v) is 6.33. The lowest BCUT2D eigenvalue weighted by Crippen LogP contribution is -2.15. The third-order valence-electron chi connectivity index (χ3n) is 4.52. The summed E-state index contributed by atoms with van der Waals surface area (Å²) >= 11 is 6.35. The van der Waals surface area contributed by atoms with E-state index in [0.717, 1.165) is 23.0 Å². The molecule has 1 aliphatic carbocycles. The normalized spacial score (nSPS) is 18.6. The molecular weight excluding hydrogens is 284 g/mol. The second kappa shape index (κ2) is 5.85. The van der Waals surface area contributed by atoms with Crippen molar-refractivity contribution < 1.29 is 0 Å². The second-order valence-electron chi connectivity index (χ2n) is 5.98. The maximum Gasteiger partial charge on any atom is 0.131 e. The molecule has 0 bridgehead atoms. The van der Waals surface area contributed by atoms with Gasteiger partial charge in [0, 0.05) is 31.0 Å². The third kappa shape index (κ3) is 2.74. The Hall–Kier alpha value is -1.26. The third-order valence-corrected chi connectivity index (χ3v) is 4.99. The Bertz CT molecular complexity index is 641. The van der Waals surface area contributed by atoms with Crippen LogP contribution >= 0.6 is 11.6 Å². The maximum atomic E-state index is 6.35. The molecule has 0 aromatic carbocycles. The van der Waals surface area contributed by atoms with Gasteiger partial charge in [-0.25, -0.2) is 0 Å². The molecule has 0 radical (unpaired) electrons. The van der Waals surface area contributed by atoms with Crippen LogP contribution in [0, 0.1) is 6.92 Å². The molecule has 2 heterocycles. The van der Waals surface area contributed by atoms with Crippen molar-refractivity contribution in [1.29, 1.82) is 0 Å². The zero-order chi connectivity index (χ0) is 15.0. The molecule has 114 valence electrons. The first-order valence-corrected chi connectivity index (χ1v) is 8.01. The van der Waals surface area contributed by atoms with E-state index in [9.17, 15) is 0 Å². The Labute approximate surface area is 131 Å². The highest BCUT2D eigenvalue weighted by molar-refractivity contribution is 6.30. The van der Waals surface area contributed by atoms with Gasteiger partial charge in [-0.05, 0) is 44.4 Å². The molecule has 4 nitrogen and oxygen atoms in total. The van der Waals surface area contributed by atoms with E-state index >= 15 is 0 Å². The van der Waals surface area contributed by atoms with Gasteiger partial charge < -0.3 is 9.88 Å². The van der Waals surface area contributed by atoms with Crippen LogP contribution in [0.1, 0.15) is 47.7 Å². The Kier molecular flexibility index (Phi) is 4.09. The van der Waals surface area contributed by atoms with E-state index in [4.69, 9.17) is 11.6 Å². The van der Waals surface area contributed by atoms with Gasteiger partial charge in [-0.1, -0.05) is 18.0 Å².